The Hall–Kier alpha value is -3.23. The first-order chi connectivity index (χ1) is 21.4. The van der Waals surface area contributed by atoms with Gasteiger partial charge in [0.05, 0.1) is 55.0 Å². The number of aliphatic hydroxyl groups is 1. The largest absolute Gasteiger partial charge is 0.497 e. The Kier molecular flexibility index (Phi) is 11.8. The molecule has 0 aromatic heterocycles. The maximum Gasteiger partial charge on any atom is 0.407 e. The van der Waals surface area contributed by atoms with E-state index in [2.05, 4.69) is 15.2 Å². The maximum atomic E-state index is 13.6. The number of hydrogen-bond donors (Lipinski definition) is 4. The molecule has 0 radical (unpaired) electrons. The standard InChI is InChI=1S/C32H45N3O9S/c1-21(34-38)14-16-32(2,3)19-27(35-45(39,40)24-12-10-23(41-4)11-13-24)29(36)26(18-22-8-6-5-7-9-22)33-31(37)44-28-20-43-30-25(28)15-17-42-30/h5-13,25-30,35-36,38H,14-20H2,1-4H3,(H,33,37)/t25-,26-,27?,28-,29+,30+/m0/s1. The number of hydrogen-bond acceptors (Lipinski definition) is 10. The minimum absolute atomic E-state index is 0.00288. The van der Waals surface area contributed by atoms with Crippen molar-refractivity contribution in [3.05, 3.63) is 60.2 Å². The first-order valence-corrected chi connectivity index (χ1v) is 16.7. The van der Waals surface area contributed by atoms with Crippen LogP contribution >= 0.6 is 0 Å². The maximum absolute atomic E-state index is 13.6. The summed E-state index contributed by atoms with van der Waals surface area (Å²) in [5.41, 5.74) is 0.869. The topological polar surface area (TPSA) is 165 Å². The minimum Gasteiger partial charge on any atom is -0.497 e. The van der Waals surface area contributed by atoms with E-state index in [1.807, 2.05) is 44.2 Å². The highest BCUT2D eigenvalue weighted by Gasteiger charge is 2.44. The summed E-state index contributed by atoms with van der Waals surface area (Å²) in [6.07, 6.45) is -0.816. The second-order valence-electron chi connectivity index (χ2n) is 12.5. The number of alkyl carbamates (subject to hydrolysis) is 1. The number of amides is 1. The van der Waals surface area contributed by atoms with E-state index in [4.69, 9.17) is 24.2 Å². The van der Waals surface area contributed by atoms with E-state index in [0.717, 1.165) is 5.56 Å². The van der Waals surface area contributed by atoms with Gasteiger partial charge in [-0.2, -0.15) is 0 Å². The molecule has 4 N–H and O–H groups in total. The monoisotopic (exact) mass is 647 g/mol. The number of carbonyl (C=O) groups excluding carboxylic acids is 1. The number of carbonyl (C=O) groups is 1. The number of nitrogens with zero attached hydrogens (tertiary/aromatic N) is 1. The van der Waals surface area contributed by atoms with Crippen LogP contribution in [0.4, 0.5) is 4.79 Å². The molecule has 248 valence electrons. The summed E-state index contributed by atoms with van der Waals surface area (Å²) in [6, 6.07) is 13.3. The number of oxime groups is 1. The minimum atomic E-state index is -4.10. The van der Waals surface area contributed by atoms with Crippen molar-refractivity contribution in [1.82, 2.24) is 10.0 Å². The van der Waals surface area contributed by atoms with Crippen molar-refractivity contribution in [3.63, 3.8) is 0 Å². The molecular formula is C32H45N3O9S. The Balaban J connectivity index is 1.60. The third-order valence-electron chi connectivity index (χ3n) is 8.45. The van der Waals surface area contributed by atoms with Gasteiger partial charge in [-0.3, -0.25) is 0 Å². The summed E-state index contributed by atoms with van der Waals surface area (Å²) in [5, 5.41) is 27.2. The molecule has 6 atom stereocenters. The van der Waals surface area contributed by atoms with Gasteiger partial charge in [-0.05, 0) is 74.3 Å². The second kappa shape index (κ2) is 15.4. The van der Waals surface area contributed by atoms with Crippen molar-refractivity contribution in [2.75, 3.05) is 20.3 Å². The third-order valence-corrected chi connectivity index (χ3v) is 9.96. The second-order valence-corrected chi connectivity index (χ2v) is 14.2. The van der Waals surface area contributed by atoms with E-state index in [1.165, 1.54) is 19.2 Å². The van der Waals surface area contributed by atoms with Gasteiger partial charge < -0.3 is 34.6 Å². The van der Waals surface area contributed by atoms with Gasteiger partial charge in [-0.15, -0.1) is 0 Å². The van der Waals surface area contributed by atoms with Crippen LogP contribution in [-0.2, 0) is 30.7 Å². The fourth-order valence-electron chi connectivity index (χ4n) is 5.80. The molecule has 0 spiro atoms. The van der Waals surface area contributed by atoms with Crippen LogP contribution in [0.3, 0.4) is 0 Å². The zero-order valence-electron chi connectivity index (χ0n) is 26.2. The molecule has 2 aromatic rings. The molecule has 2 aliphatic heterocycles. The lowest BCUT2D eigenvalue weighted by atomic mass is 9.78. The van der Waals surface area contributed by atoms with Crippen LogP contribution < -0.4 is 14.8 Å². The van der Waals surface area contributed by atoms with Crippen LogP contribution in [0.1, 0.15) is 52.0 Å². The quantitative estimate of drug-likeness (QED) is 0.128. The van der Waals surface area contributed by atoms with Crippen LogP contribution in [-0.4, -0.2) is 81.4 Å². The molecule has 0 aliphatic carbocycles. The van der Waals surface area contributed by atoms with E-state index >= 15 is 0 Å². The number of aliphatic hydroxyl groups excluding tert-OH is 1. The predicted molar refractivity (Wildman–Crippen MR) is 167 cm³/mol. The van der Waals surface area contributed by atoms with Gasteiger partial charge in [-0.25, -0.2) is 17.9 Å². The van der Waals surface area contributed by atoms with E-state index in [9.17, 15) is 18.3 Å². The molecule has 12 nitrogen and oxygen atoms in total. The van der Waals surface area contributed by atoms with Crippen LogP contribution in [0.5, 0.6) is 5.75 Å². The predicted octanol–water partition coefficient (Wildman–Crippen LogP) is 3.85. The summed E-state index contributed by atoms with van der Waals surface area (Å²) in [5.74, 6) is 0.436. The van der Waals surface area contributed by atoms with Gasteiger partial charge in [-0.1, -0.05) is 49.3 Å². The van der Waals surface area contributed by atoms with Crippen LogP contribution in [0.25, 0.3) is 0 Å². The summed E-state index contributed by atoms with van der Waals surface area (Å²) < 4.78 is 52.0. The molecule has 45 heavy (non-hydrogen) atoms. The highest BCUT2D eigenvalue weighted by atomic mass is 32.2. The van der Waals surface area contributed by atoms with Gasteiger partial charge in [0.1, 0.15) is 11.9 Å². The fraction of sp³-hybridized carbons (Fsp3) is 0.562. The van der Waals surface area contributed by atoms with Gasteiger partial charge in [0, 0.05) is 0 Å². The van der Waals surface area contributed by atoms with Crippen molar-refractivity contribution in [3.8, 4) is 5.75 Å². The van der Waals surface area contributed by atoms with Crippen molar-refractivity contribution < 1.29 is 42.5 Å². The number of ether oxygens (including phenoxy) is 4. The molecular weight excluding hydrogens is 602 g/mol. The lowest BCUT2D eigenvalue weighted by Gasteiger charge is -2.36. The van der Waals surface area contributed by atoms with Gasteiger partial charge in [0.15, 0.2) is 6.29 Å². The lowest BCUT2D eigenvalue weighted by molar-refractivity contribution is -0.0907. The molecule has 1 amide bonds. The van der Waals surface area contributed by atoms with Crippen molar-refractivity contribution in [2.24, 2.45) is 16.5 Å². The summed E-state index contributed by atoms with van der Waals surface area (Å²) >= 11 is 0. The van der Waals surface area contributed by atoms with Crippen LogP contribution in [0.2, 0.25) is 0 Å². The number of methoxy groups -OCH3 is 1. The van der Waals surface area contributed by atoms with Crippen molar-refractivity contribution >= 4 is 21.8 Å². The zero-order chi connectivity index (χ0) is 32.6. The summed E-state index contributed by atoms with van der Waals surface area (Å²) in [4.78, 5) is 13.3. The highest BCUT2D eigenvalue weighted by Crippen LogP contribution is 2.34. The van der Waals surface area contributed by atoms with E-state index in [0.29, 0.717) is 37.3 Å². The highest BCUT2D eigenvalue weighted by molar-refractivity contribution is 7.89. The number of rotatable bonds is 15. The summed E-state index contributed by atoms with van der Waals surface area (Å²) in [6.45, 7) is 6.35. The number of nitrogens with one attached hydrogen (secondary N) is 2. The van der Waals surface area contributed by atoms with Gasteiger partial charge in [0.2, 0.25) is 10.0 Å². The molecule has 13 heteroatoms. The molecule has 1 unspecified atom stereocenters. The molecule has 2 fully saturated rings. The van der Waals surface area contributed by atoms with E-state index in [-0.39, 0.29) is 30.3 Å². The molecule has 4 rings (SSSR count). The zero-order valence-corrected chi connectivity index (χ0v) is 27.0. The van der Waals surface area contributed by atoms with Crippen LogP contribution in [0, 0.1) is 11.3 Å². The van der Waals surface area contributed by atoms with E-state index in [1.54, 1.807) is 19.1 Å². The normalized spacial score (nSPS) is 22.3. The smallest absolute Gasteiger partial charge is 0.407 e. The Morgan fingerprint density at radius 1 is 1.11 bits per heavy atom. The lowest BCUT2D eigenvalue weighted by Crippen LogP contribution is -2.56. The average Bonchev–Trinajstić information content (AvgIpc) is 3.64. The first kappa shape index (κ1) is 34.6. The Morgan fingerprint density at radius 3 is 2.49 bits per heavy atom. The Labute approximate surface area is 265 Å². The van der Waals surface area contributed by atoms with Crippen molar-refractivity contribution in [2.45, 2.75) is 88.4 Å². The number of sulfonamides is 1. The first-order valence-electron chi connectivity index (χ1n) is 15.2. The Morgan fingerprint density at radius 2 is 1.82 bits per heavy atom. The molecule has 2 saturated heterocycles. The molecule has 2 heterocycles. The molecule has 0 bridgehead atoms. The van der Waals surface area contributed by atoms with Crippen molar-refractivity contribution in [1.29, 1.82) is 0 Å². The Bertz CT molecular complexity index is 1390. The molecule has 2 aliphatic rings. The van der Waals surface area contributed by atoms with Crippen LogP contribution in [0.15, 0.2) is 64.6 Å². The summed E-state index contributed by atoms with van der Waals surface area (Å²) in [7, 11) is -2.61. The van der Waals surface area contributed by atoms with Gasteiger partial charge in [0.25, 0.3) is 0 Å². The number of fused-ring (bicyclic) bond motifs is 1. The third kappa shape index (κ3) is 9.63. The molecule has 2 aromatic carbocycles. The molecule has 0 saturated carbocycles. The van der Waals surface area contributed by atoms with E-state index < -0.39 is 52.1 Å². The SMILES string of the molecule is COc1ccc(S(=O)(=O)NC(CC(C)(C)CCC(C)=NO)[C@H](O)[C@H](Cc2ccccc2)NC(=O)O[C@H]2CO[C@H]3OCC[C@H]32)cc1. The number of benzene rings is 2. The average molecular weight is 648 g/mol. The fourth-order valence-corrected chi connectivity index (χ4v) is 7.05. The van der Waals surface area contributed by atoms with Gasteiger partial charge >= 0.3 is 6.09 Å².